The molecule has 1 aromatic carbocycles. The second kappa shape index (κ2) is 6.12. The quantitative estimate of drug-likeness (QED) is 0.802. The Kier molecular flexibility index (Phi) is 4.50. The summed E-state index contributed by atoms with van der Waals surface area (Å²) < 4.78 is 0. The van der Waals surface area contributed by atoms with Crippen LogP contribution in [-0.4, -0.2) is 23.5 Å². The zero-order chi connectivity index (χ0) is 13.0. The van der Waals surface area contributed by atoms with Crippen molar-refractivity contribution in [2.45, 2.75) is 44.1 Å². The molecule has 0 saturated heterocycles. The molecule has 1 fully saturated rings. The number of nitrogens with two attached hydrogens (primary N) is 1. The van der Waals surface area contributed by atoms with Crippen LogP contribution in [0.3, 0.4) is 0 Å². The Hall–Kier alpha value is -1.19. The Morgan fingerprint density at radius 2 is 1.83 bits per heavy atom. The topological polar surface area (TPSA) is 63.3 Å². The number of Topliss-reactive ketones (excluding diaryl/α,β-unsaturated/α-hetero) is 1. The second-order valence-electron chi connectivity index (χ2n) is 5.11. The molecule has 0 heterocycles. The first-order valence-corrected chi connectivity index (χ1v) is 6.73. The molecule has 1 atom stereocenters. The van der Waals surface area contributed by atoms with Crippen LogP contribution in [-0.2, 0) is 0 Å². The van der Waals surface area contributed by atoms with Crippen LogP contribution >= 0.6 is 0 Å². The highest BCUT2D eigenvalue weighted by Crippen LogP contribution is 2.32. The number of ketones is 1. The number of benzene rings is 1. The largest absolute Gasteiger partial charge is 0.394 e. The molecule has 1 aliphatic rings. The molecule has 3 nitrogen and oxygen atoms in total. The lowest BCUT2D eigenvalue weighted by Gasteiger charge is -2.22. The second-order valence-corrected chi connectivity index (χ2v) is 5.11. The van der Waals surface area contributed by atoms with E-state index in [0.29, 0.717) is 11.5 Å². The number of hydrogen-bond donors (Lipinski definition) is 2. The van der Waals surface area contributed by atoms with Crippen LogP contribution in [0.4, 0.5) is 0 Å². The molecule has 0 aromatic heterocycles. The number of carbonyl (C=O) groups is 1. The Morgan fingerprint density at radius 1 is 1.22 bits per heavy atom. The molecule has 18 heavy (non-hydrogen) atoms. The molecule has 2 rings (SSSR count). The zero-order valence-electron chi connectivity index (χ0n) is 10.6. The number of aliphatic hydroxyl groups is 1. The van der Waals surface area contributed by atoms with Crippen LogP contribution in [0.25, 0.3) is 0 Å². The predicted molar refractivity (Wildman–Crippen MR) is 71.7 cm³/mol. The van der Waals surface area contributed by atoms with E-state index in [2.05, 4.69) is 0 Å². The maximum absolute atomic E-state index is 11.8. The van der Waals surface area contributed by atoms with E-state index in [1.165, 1.54) is 37.7 Å². The monoisotopic (exact) mass is 247 g/mol. The Labute approximate surface area is 108 Å². The fourth-order valence-corrected chi connectivity index (χ4v) is 2.65. The van der Waals surface area contributed by atoms with Gasteiger partial charge in [-0.05, 0) is 24.3 Å². The van der Waals surface area contributed by atoms with Crippen LogP contribution in [0.2, 0.25) is 0 Å². The predicted octanol–water partition coefficient (Wildman–Crippen LogP) is 2.24. The summed E-state index contributed by atoms with van der Waals surface area (Å²) in [6, 6.07) is 6.94. The number of rotatable bonds is 4. The van der Waals surface area contributed by atoms with Gasteiger partial charge >= 0.3 is 0 Å². The summed E-state index contributed by atoms with van der Waals surface area (Å²) in [5.41, 5.74) is 7.45. The van der Waals surface area contributed by atoms with Gasteiger partial charge in [-0.1, -0.05) is 43.5 Å². The van der Waals surface area contributed by atoms with Gasteiger partial charge in [0.25, 0.3) is 0 Å². The van der Waals surface area contributed by atoms with Crippen LogP contribution in [0.5, 0.6) is 0 Å². The average Bonchev–Trinajstić information content (AvgIpc) is 2.47. The smallest absolute Gasteiger partial charge is 0.181 e. The maximum atomic E-state index is 11.8. The number of hydrogen-bond acceptors (Lipinski definition) is 3. The van der Waals surface area contributed by atoms with Gasteiger partial charge in [0.05, 0.1) is 12.6 Å². The normalized spacial score (nSPS) is 18.6. The third-order valence-electron chi connectivity index (χ3n) is 3.81. The molecule has 0 radical (unpaired) electrons. The van der Waals surface area contributed by atoms with E-state index in [4.69, 9.17) is 10.8 Å². The lowest BCUT2D eigenvalue weighted by Crippen LogP contribution is -2.33. The minimum atomic E-state index is -0.800. The summed E-state index contributed by atoms with van der Waals surface area (Å²) in [6.07, 6.45) is 6.47. The van der Waals surface area contributed by atoms with Crippen molar-refractivity contribution in [3.05, 3.63) is 35.4 Å². The molecule has 0 amide bonds. The van der Waals surface area contributed by atoms with E-state index in [9.17, 15) is 4.79 Å². The molecular weight excluding hydrogens is 226 g/mol. The highest BCUT2D eigenvalue weighted by molar-refractivity contribution is 6.00. The first-order valence-electron chi connectivity index (χ1n) is 6.73. The lowest BCUT2D eigenvalue weighted by molar-refractivity contribution is 0.0925. The van der Waals surface area contributed by atoms with Crippen molar-refractivity contribution in [3.8, 4) is 0 Å². The zero-order valence-corrected chi connectivity index (χ0v) is 10.6. The minimum Gasteiger partial charge on any atom is -0.394 e. The Balaban J connectivity index is 2.07. The summed E-state index contributed by atoms with van der Waals surface area (Å²) in [6.45, 7) is -0.302. The third kappa shape index (κ3) is 2.98. The van der Waals surface area contributed by atoms with E-state index in [-0.39, 0.29) is 12.4 Å². The summed E-state index contributed by atoms with van der Waals surface area (Å²) in [5.74, 6) is 0.460. The van der Waals surface area contributed by atoms with Crippen LogP contribution in [0.1, 0.15) is 53.9 Å². The number of aliphatic hydroxyl groups excluding tert-OH is 1. The van der Waals surface area contributed by atoms with Crippen molar-refractivity contribution in [2.24, 2.45) is 5.73 Å². The van der Waals surface area contributed by atoms with E-state index in [0.717, 1.165) is 0 Å². The molecule has 1 aliphatic carbocycles. The molecule has 3 N–H and O–H groups in total. The first kappa shape index (κ1) is 13.2. The van der Waals surface area contributed by atoms with Crippen LogP contribution < -0.4 is 5.73 Å². The number of carbonyl (C=O) groups excluding carboxylic acids is 1. The molecule has 0 spiro atoms. The van der Waals surface area contributed by atoms with Crippen molar-refractivity contribution in [3.63, 3.8) is 0 Å². The molecule has 3 heteroatoms. The van der Waals surface area contributed by atoms with Gasteiger partial charge < -0.3 is 10.8 Å². The maximum Gasteiger partial charge on any atom is 0.181 e. The lowest BCUT2D eigenvalue weighted by atomic mass is 9.84. The summed E-state index contributed by atoms with van der Waals surface area (Å²) in [7, 11) is 0. The highest BCUT2D eigenvalue weighted by atomic mass is 16.3. The summed E-state index contributed by atoms with van der Waals surface area (Å²) >= 11 is 0. The van der Waals surface area contributed by atoms with Crippen molar-refractivity contribution in [1.82, 2.24) is 0 Å². The van der Waals surface area contributed by atoms with Crippen molar-refractivity contribution >= 4 is 5.78 Å². The molecule has 1 aromatic rings. The first-order chi connectivity index (χ1) is 8.72. The van der Waals surface area contributed by atoms with Crippen molar-refractivity contribution in [2.75, 3.05) is 6.61 Å². The molecule has 1 unspecified atom stereocenters. The fourth-order valence-electron chi connectivity index (χ4n) is 2.65. The minimum absolute atomic E-state index is 0.187. The van der Waals surface area contributed by atoms with Crippen molar-refractivity contribution in [1.29, 1.82) is 0 Å². The van der Waals surface area contributed by atoms with Gasteiger partial charge in [0.1, 0.15) is 0 Å². The van der Waals surface area contributed by atoms with Gasteiger partial charge in [0.2, 0.25) is 0 Å². The third-order valence-corrected chi connectivity index (χ3v) is 3.81. The van der Waals surface area contributed by atoms with E-state index < -0.39 is 6.04 Å². The Bertz CT molecular complexity index is 393. The van der Waals surface area contributed by atoms with Crippen LogP contribution in [0, 0.1) is 0 Å². The summed E-state index contributed by atoms with van der Waals surface area (Å²) in [4.78, 5) is 11.8. The molecule has 0 bridgehead atoms. The van der Waals surface area contributed by atoms with E-state index in [1.54, 1.807) is 0 Å². The SMILES string of the molecule is NC(CO)C(=O)c1ccc(C2CCCCC2)cc1. The van der Waals surface area contributed by atoms with Crippen LogP contribution in [0.15, 0.2) is 24.3 Å². The van der Waals surface area contributed by atoms with Gasteiger partial charge in [0, 0.05) is 5.56 Å². The van der Waals surface area contributed by atoms with Gasteiger partial charge in [-0.3, -0.25) is 4.79 Å². The van der Waals surface area contributed by atoms with Gasteiger partial charge in [-0.15, -0.1) is 0 Å². The van der Waals surface area contributed by atoms with E-state index >= 15 is 0 Å². The van der Waals surface area contributed by atoms with E-state index in [1.807, 2.05) is 24.3 Å². The van der Waals surface area contributed by atoms with Crippen molar-refractivity contribution < 1.29 is 9.90 Å². The van der Waals surface area contributed by atoms with Gasteiger partial charge in [-0.2, -0.15) is 0 Å². The molecule has 1 saturated carbocycles. The van der Waals surface area contributed by atoms with Gasteiger partial charge in [-0.25, -0.2) is 0 Å². The average molecular weight is 247 g/mol. The Morgan fingerprint density at radius 3 is 2.39 bits per heavy atom. The summed E-state index contributed by atoms with van der Waals surface area (Å²) in [5, 5.41) is 8.88. The fraction of sp³-hybridized carbons (Fsp3) is 0.533. The molecule has 0 aliphatic heterocycles. The molecular formula is C15H21NO2. The standard InChI is InChI=1S/C15H21NO2/c16-14(10-17)15(18)13-8-6-12(7-9-13)11-4-2-1-3-5-11/h6-9,11,14,17H,1-5,10,16H2. The van der Waals surface area contributed by atoms with Gasteiger partial charge in [0.15, 0.2) is 5.78 Å². The molecule has 98 valence electrons. The highest BCUT2D eigenvalue weighted by Gasteiger charge is 2.17.